The Hall–Kier alpha value is -2.77. The first-order valence-corrected chi connectivity index (χ1v) is 9.75. The van der Waals surface area contributed by atoms with E-state index in [9.17, 15) is 14.4 Å². The Balaban J connectivity index is 1.71. The summed E-state index contributed by atoms with van der Waals surface area (Å²) in [5.41, 5.74) is -0.484. The number of nitrogens with zero attached hydrogens (tertiary/aromatic N) is 1. The summed E-state index contributed by atoms with van der Waals surface area (Å²) >= 11 is 0. The zero-order valence-electron chi connectivity index (χ0n) is 17.6. The van der Waals surface area contributed by atoms with Crippen LogP contribution in [0.1, 0.15) is 40.0 Å². The molecule has 1 heterocycles. The van der Waals surface area contributed by atoms with E-state index in [-0.39, 0.29) is 17.9 Å². The predicted octanol–water partition coefficient (Wildman–Crippen LogP) is 2.78. The fourth-order valence-electron chi connectivity index (χ4n) is 4.91. The molecule has 0 bridgehead atoms. The van der Waals surface area contributed by atoms with E-state index >= 15 is 0 Å². The molecule has 1 aliphatic heterocycles. The first-order valence-electron chi connectivity index (χ1n) is 9.75. The van der Waals surface area contributed by atoms with Crippen molar-refractivity contribution in [1.29, 1.82) is 0 Å². The average molecular weight is 403 g/mol. The van der Waals surface area contributed by atoms with Crippen LogP contribution in [0.25, 0.3) is 0 Å². The van der Waals surface area contributed by atoms with Gasteiger partial charge in [0.25, 0.3) is 5.91 Å². The number of methoxy groups -OCH3 is 2. The SMILES string of the molecule is COc1ccc(NC(=O)CN2C(=O)N[C@@]3(C[C@H](C)CC(C)(C)C3)C2=O)cc1OC. The number of rotatable bonds is 5. The molecule has 1 aromatic rings. The summed E-state index contributed by atoms with van der Waals surface area (Å²) in [7, 11) is 3.03. The van der Waals surface area contributed by atoms with Gasteiger partial charge >= 0.3 is 6.03 Å². The van der Waals surface area contributed by atoms with Crippen molar-refractivity contribution in [1.82, 2.24) is 10.2 Å². The van der Waals surface area contributed by atoms with Crippen molar-refractivity contribution >= 4 is 23.5 Å². The second-order valence-electron chi connectivity index (χ2n) is 8.88. The normalized spacial score (nSPS) is 25.7. The van der Waals surface area contributed by atoms with Gasteiger partial charge in [-0.25, -0.2) is 4.79 Å². The molecular weight excluding hydrogens is 374 g/mol. The Morgan fingerprint density at radius 2 is 1.90 bits per heavy atom. The molecule has 0 unspecified atom stereocenters. The smallest absolute Gasteiger partial charge is 0.325 e. The van der Waals surface area contributed by atoms with Crippen molar-refractivity contribution < 1.29 is 23.9 Å². The van der Waals surface area contributed by atoms with Crippen molar-refractivity contribution in [3.05, 3.63) is 18.2 Å². The van der Waals surface area contributed by atoms with Crippen LogP contribution >= 0.6 is 0 Å². The molecular formula is C21H29N3O5. The molecule has 158 valence electrons. The monoisotopic (exact) mass is 403 g/mol. The molecule has 8 heteroatoms. The Labute approximate surface area is 170 Å². The molecule has 2 aliphatic rings. The van der Waals surface area contributed by atoms with Gasteiger partial charge in [0, 0.05) is 11.8 Å². The van der Waals surface area contributed by atoms with E-state index in [2.05, 4.69) is 31.4 Å². The van der Waals surface area contributed by atoms with Crippen LogP contribution in [-0.4, -0.2) is 49.0 Å². The number of hydrogen-bond donors (Lipinski definition) is 2. The number of hydrogen-bond acceptors (Lipinski definition) is 5. The third-order valence-corrected chi connectivity index (χ3v) is 5.59. The Bertz CT molecular complexity index is 838. The van der Waals surface area contributed by atoms with E-state index in [1.54, 1.807) is 18.2 Å². The fourth-order valence-corrected chi connectivity index (χ4v) is 4.91. The Morgan fingerprint density at radius 1 is 1.21 bits per heavy atom. The Kier molecular flexibility index (Phi) is 5.47. The molecule has 1 spiro atoms. The minimum Gasteiger partial charge on any atom is -0.493 e. The van der Waals surface area contributed by atoms with Gasteiger partial charge in [-0.3, -0.25) is 14.5 Å². The number of carbonyl (C=O) groups is 3. The summed E-state index contributed by atoms with van der Waals surface area (Å²) in [5, 5.41) is 5.58. The zero-order valence-corrected chi connectivity index (χ0v) is 17.6. The van der Waals surface area contributed by atoms with Crippen molar-refractivity contribution in [2.24, 2.45) is 11.3 Å². The molecule has 29 heavy (non-hydrogen) atoms. The minimum atomic E-state index is -0.915. The lowest BCUT2D eigenvalue weighted by Gasteiger charge is -2.43. The summed E-state index contributed by atoms with van der Waals surface area (Å²) in [6, 6.07) is 4.44. The van der Waals surface area contributed by atoms with Gasteiger partial charge in [-0.1, -0.05) is 20.8 Å². The van der Waals surface area contributed by atoms with Crippen LogP contribution in [0, 0.1) is 11.3 Å². The molecule has 1 saturated heterocycles. The van der Waals surface area contributed by atoms with E-state index in [0.29, 0.717) is 35.9 Å². The minimum absolute atomic E-state index is 0.0570. The highest BCUT2D eigenvalue weighted by Crippen LogP contribution is 2.46. The van der Waals surface area contributed by atoms with Crippen LogP contribution in [0.5, 0.6) is 11.5 Å². The number of ether oxygens (including phenoxy) is 2. The van der Waals surface area contributed by atoms with Crippen molar-refractivity contribution in [2.75, 3.05) is 26.1 Å². The van der Waals surface area contributed by atoms with Crippen LogP contribution in [-0.2, 0) is 9.59 Å². The van der Waals surface area contributed by atoms with E-state index < -0.39 is 17.5 Å². The van der Waals surface area contributed by atoms with Crippen LogP contribution in [0.15, 0.2) is 18.2 Å². The molecule has 1 saturated carbocycles. The van der Waals surface area contributed by atoms with E-state index in [0.717, 1.165) is 11.3 Å². The number of nitrogens with one attached hydrogen (secondary N) is 2. The van der Waals surface area contributed by atoms with Gasteiger partial charge in [-0.2, -0.15) is 0 Å². The summed E-state index contributed by atoms with van der Waals surface area (Å²) in [5.74, 6) is 0.544. The summed E-state index contributed by atoms with van der Waals surface area (Å²) < 4.78 is 10.4. The maximum atomic E-state index is 13.1. The molecule has 1 aromatic carbocycles. The van der Waals surface area contributed by atoms with Crippen LogP contribution < -0.4 is 20.1 Å². The quantitative estimate of drug-likeness (QED) is 0.737. The standard InChI is InChI=1S/C21H29N3O5/c1-13-9-20(2,3)12-21(10-13)18(26)24(19(27)23-21)11-17(25)22-14-6-7-15(28-4)16(8-14)29-5/h6-8,13H,9-12H2,1-5H3,(H,22,25)(H,23,27)/t13-,21-/m1/s1. The van der Waals surface area contributed by atoms with Crippen LogP contribution in [0.4, 0.5) is 10.5 Å². The van der Waals surface area contributed by atoms with Crippen LogP contribution in [0.2, 0.25) is 0 Å². The zero-order chi connectivity index (χ0) is 21.4. The maximum absolute atomic E-state index is 13.1. The fraction of sp³-hybridized carbons (Fsp3) is 0.571. The molecule has 2 fully saturated rings. The molecule has 0 radical (unpaired) electrons. The first kappa shape index (κ1) is 21.0. The molecule has 2 atom stereocenters. The van der Waals surface area contributed by atoms with E-state index in [1.807, 2.05) is 0 Å². The van der Waals surface area contributed by atoms with Gasteiger partial charge in [-0.05, 0) is 42.7 Å². The highest BCUT2D eigenvalue weighted by atomic mass is 16.5. The third kappa shape index (κ3) is 4.16. The highest BCUT2D eigenvalue weighted by molar-refractivity contribution is 6.10. The van der Waals surface area contributed by atoms with Crippen molar-refractivity contribution in [3.8, 4) is 11.5 Å². The predicted molar refractivity (Wildman–Crippen MR) is 108 cm³/mol. The summed E-state index contributed by atoms with van der Waals surface area (Å²) in [4.78, 5) is 39.2. The highest BCUT2D eigenvalue weighted by Gasteiger charge is 2.56. The van der Waals surface area contributed by atoms with Crippen molar-refractivity contribution in [3.63, 3.8) is 0 Å². The number of urea groups is 1. The van der Waals surface area contributed by atoms with Gasteiger partial charge in [0.15, 0.2) is 11.5 Å². The number of amides is 4. The third-order valence-electron chi connectivity index (χ3n) is 5.59. The number of anilines is 1. The van der Waals surface area contributed by atoms with Gasteiger partial charge in [-0.15, -0.1) is 0 Å². The molecule has 8 nitrogen and oxygen atoms in total. The van der Waals surface area contributed by atoms with Gasteiger partial charge in [0.05, 0.1) is 14.2 Å². The van der Waals surface area contributed by atoms with Crippen molar-refractivity contribution in [2.45, 2.75) is 45.6 Å². The largest absolute Gasteiger partial charge is 0.493 e. The number of imide groups is 1. The second kappa shape index (κ2) is 7.57. The molecule has 3 rings (SSSR count). The molecule has 0 aromatic heterocycles. The summed E-state index contributed by atoms with van der Waals surface area (Å²) in [6.45, 7) is 5.97. The maximum Gasteiger partial charge on any atom is 0.325 e. The molecule has 2 N–H and O–H groups in total. The molecule has 1 aliphatic carbocycles. The topological polar surface area (TPSA) is 97.0 Å². The lowest BCUT2D eigenvalue weighted by molar-refractivity contribution is -0.136. The van der Waals surface area contributed by atoms with Gasteiger partial charge in [0.1, 0.15) is 12.1 Å². The van der Waals surface area contributed by atoms with Crippen LogP contribution in [0.3, 0.4) is 0 Å². The number of benzene rings is 1. The first-order chi connectivity index (χ1) is 13.6. The van der Waals surface area contributed by atoms with Gasteiger partial charge in [0.2, 0.25) is 5.91 Å². The van der Waals surface area contributed by atoms with Gasteiger partial charge < -0.3 is 20.1 Å². The Morgan fingerprint density at radius 3 is 2.52 bits per heavy atom. The number of carbonyl (C=O) groups excluding carboxylic acids is 3. The average Bonchev–Trinajstić information content (AvgIpc) is 2.83. The van der Waals surface area contributed by atoms with E-state index in [4.69, 9.17) is 9.47 Å². The molecule has 4 amide bonds. The van der Waals surface area contributed by atoms with E-state index in [1.165, 1.54) is 14.2 Å². The summed E-state index contributed by atoms with van der Waals surface area (Å²) in [6.07, 6.45) is 2.16. The lowest BCUT2D eigenvalue weighted by atomic mass is 9.64. The lowest BCUT2D eigenvalue weighted by Crippen LogP contribution is -2.54. The second-order valence-corrected chi connectivity index (χ2v) is 8.88.